The van der Waals surface area contributed by atoms with Gasteiger partial charge in [-0.25, -0.2) is 9.37 Å². The highest BCUT2D eigenvalue weighted by atomic mass is 79.9. The van der Waals surface area contributed by atoms with Crippen molar-refractivity contribution >= 4 is 31.9 Å². The Balaban J connectivity index is 3.29. The Morgan fingerprint density at radius 3 is 2.64 bits per heavy atom. The van der Waals surface area contributed by atoms with E-state index >= 15 is 0 Å². The Kier molecular flexibility index (Phi) is 2.98. The highest BCUT2D eigenvalue weighted by Crippen LogP contribution is 2.26. The van der Waals surface area contributed by atoms with Gasteiger partial charge in [0.2, 0.25) is 0 Å². The molecule has 1 heterocycles. The second-order valence-corrected chi connectivity index (χ2v) is 3.39. The normalized spacial score (nSPS) is 10.2. The summed E-state index contributed by atoms with van der Waals surface area (Å²) in [6.07, 6.45) is 1.06. The van der Waals surface area contributed by atoms with Crippen molar-refractivity contribution in [3.8, 4) is 0 Å². The Hall–Kier alpha value is 0. The highest BCUT2D eigenvalue weighted by Gasteiger charge is 2.09. The van der Waals surface area contributed by atoms with Gasteiger partial charge in [0.1, 0.15) is 10.4 Å². The maximum atomic E-state index is 12.8. The van der Waals surface area contributed by atoms with E-state index in [9.17, 15) is 4.39 Å². The molecule has 0 aliphatic carbocycles. The molecule has 0 aliphatic rings. The van der Waals surface area contributed by atoms with Gasteiger partial charge in [-0.05, 0) is 31.9 Å². The second kappa shape index (κ2) is 3.60. The molecule has 0 atom stereocenters. The molecule has 5 heteroatoms. The number of nitrogens with zero attached hydrogens (tertiary/aromatic N) is 1. The molecule has 0 spiro atoms. The average Bonchev–Trinajstić information content (AvgIpc) is 1.99. The van der Waals surface area contributed by atoms with Crippen molar-refractivity contribution in [2.75, 3.05) is 0 Å². The summed E-state index contributed by atoms with van der Waals surface area (Å²) in [7, 11) is 0. The van der Waals surface area contributed by atoms with Gasteiger partial charge in [-0.3, -0.25) is 0 Å². The molecule has 1 aromatic heterocycles. The van der Waals surface area contributed by atoms with Crippen molar-refractivity contribution in [3.63, 3.8) is 0 Å². The number of halogens is 3. The van der Waals surface area contributed by atoms with Crippen molar-refractivity contribution in [2.45, 2.75) is 6.61 Å². The van der Waals surface area contributed by atoms with Crippen LogP contribution in [0.2, 0.25) is 0 Å². The van der Waals surface area contributed by atoms with Gasteiger partial charge in [0.25, 0.3) is 0 Å². The lowest BCUT2D eigenvalue weighted by atomic mass is 10.3. The molecular formula is C6H4Br2FNO. The predicted molar refractivity (Wildman–Crippen MR) is 45.5 cm³/mol. The molecule has 0 fully saturated rings. The van der Waals surface area contributed by atoms with Crippen molar-refractivity contribution < 1.29 is 9.50 Å². The van der Waals surface area contributed by atoms with E-state index in [1.165, 1.54) is 0 Å². The topological polar surface area (TPSA) is 33.1 Å². The molecule has 2 nitrogen and oxygen atoms in total. The van der Waals surface area contributed by atoms with Crippen LogP contribution in [0.25, 0.3) is 0 Å². The molecule has 0 aliphatic heterocycles. The quantitative estimate of drug-likeness (QED) is 0.803. The van der Waals surface area contributed by atoms with Crippen molar-refractivity contribution in [2.24, 2.45) is 0 Å². The summed E-state index contributed by atoms with van der Waals surface area (Å²) >= 11 is 6.17. The molecule has 0 aromatic carbocycles. The summed E-state index contributed by atoms with van der Waals surface area (Å²) in [6, 6.07) is 0. The van der Waals surface area contributed by atoms with Gasteiger partial charge in [-0.2, -0.15) is 0 Å². The summed E-state index contributed by atoms with van der Waals surface area (Å²) in [6.45, 7) is -0.340. The van der Waals surface area contributed by atoms with E-state index in [0.717, 1.165) is 6.20 Å². The molecule has 0 radical (unpaired) electrons. The van der Waals surface area contributed by atoms with Gasteiger partial charge < -0.3 is 5.11 Å². The fraction of sp³-hybridized carbons (Fsp3) is 0.167. The van der Waals surface area contributed by atoms with E-state index in [1.807, 2.05) is 0 Å². The maximum Gasteiger partial charge on any atom is 0.148 e. The van der Waals surface area contributed by atoms with Gasteiger partial charge in [-0.15, -0.1) is 0 Å². The summed E-state index contributed by atoms with van der Waals surface area (Å²) in [5, 5.41) is 8.71. The number of aromatic nitrogens is 1. The molecule has 11 heavy (non-hydrogen) atoms. The van der Waals surface area contributed by atoms with Crippen molar-refractivity contribution in [1.82, 2.24) is 4.98 Å². The fourth-order valence-electron chi connectivity index (χ4n) is 0.622. The van der Waals surface area contributed by atoms with E-state index in [-0.39, 0.29) is 12.2 Å². The van der Waals surface area contributed by atoms with Crippen LogP contribution in [-0.2, 0) is 6.61 Å². The standard InChI is InChI=1S/C6H4Br2FNO/c7-5-3(2-11)4(9)1-10-6(5)8/h1,11H,2H2. The van der Waals surface area contributed by atoms with Gasteiger partial charge in [0.15, 0.2) is 0 Å². The van der Waals surface area contributed by atoms with Crippen LogP contribution < -0.4 is 0 Å². The Morgan fingerprint density at radius 2 is 2.18 bits per heavy atom. The van der Waals surface area contributed by atoms with E-state index in [1.54, 1.807) is 0 Å². The first-order valence-electron chi connectivity index (χ1n) is 2.76. The van der Waals surface area contributed by atoms with Gasteiger partial charge in [0, 0.05) is 5.56 Å². The zero-order valence-corrected chi connectivity index (χ0v) is 8.48. The summed E-state index contributed by atoms with van der Waals surface area (Å²) in [5.41, 5.74) is 0.215. The lowest BCUT2D eigenvalue weighted by Gasteiger charge is -2.02. The number of rotatable bonds is 1. The van der Waals surface area contributed by atoms with Crippen LogP contribution in [0.5, 0.6) is 0 Å². The van der Waals surface area contributed by atoms with Crippen LogP contribution >= 0.6 is 31.9 Å². The third-order valence-corrected chi connectivity index (χ3v) is 3.17. The Morgan fingerprint density at radius 1 is 1.55 bits per heavy atom. The summed E-state index contributed by atoms with van der Waals surface area (Å²) in [4.78, 5) is 3.67. The van der Waals surface area contributed by atoms with Gasteiger partial charge in [0.05, 0.1) is 17.3 Å². The minimum Gasteiger partial charge on any atom is -0.392 e. The molecule has 1 aromatic rings. The van der Waals surface area contributed by atoms with E-state index < -0.39 is 5.82 Å². The molecule has 0 amide bonds. The molecule has 0 bridgehead atoms. The number of hydrogen-bond donors (Lipinski definition) is 1. The summed E-state index contributed by atoms with van der Waals surface area (Å²) in [5.74, 6) is -0.512. The van der Waals surface area contributed by atoms with Crippen LogP contribution in [0.1, 0.15) is 5.56 Å². The third-order valence-electron chi connectivity index (χ3n) is 1.18. The van der Waals surface area contributed by atoms with E-state index in [2.05, 4.69) is 36.8 Å². The lowest BCUT2D eigenvalue weighted by molar-refractivity contribution is 0.274. The molecule has 1 N–H and O–H groups in total. The number of aliphatic hydroxyl groups excluding tert-OH is 1. The zero-order valence-electron chi connectivity index (χ0n) is 5.31. The van der Waals surface area contributed by atoms with Gasteiger partial charge in [-0.1, -0.05) is 0 Å². The summed E-state index contributed by atoms with van der Waals surface area (Å²) < 4.78 is 13.7. The second-order valence-electron chi connectivity index (χ2n) is 1.85. The molecule has 60 valence electrons. The smallest absolute Gasteiger partial charge is 0.148 e. The Bertz CT molecular complexity index is 280. The highest BCUT2D eigenvalue weighted by molar-refractivity contribution is 9.13. The van der Waals surface area contributed by atoms with Crippen LogP contribution in [0.3, 0.4) is 0 Å². The maximum absolute atomic E-state index is 12.8. The minimum absolute atomic E-state index is 0.215. The zero-order chi connectivity index (χ0) is 8.43. The number of hydrogen-bond acceptors (Lipinski definition) is 2. The SMILES string of the molecule is OCc1c(F)cnc(Br)c1Br. The monoisotopic (exact) mass is 283 g/mol. The average molecular weight is 285 g/mol. The van der Waals surface area contributed by atoms with E-state index in [0.29, 0.717) is 9.08 Å². The molecule has 1 rings (SSSR count). The number of aliphatic hydroxyl groups is 1. The van der Waals surface area contributed by atoms with Crippen molar-refractivity contribution in [1.29, 1.82) is 0 Å². The van der Waals surface area contributed by atoms with Crippen molar-refractivity contribution in [3.05, 3.63) is 26.7 Å². The molecule has 0 saturated heterocycles. The first kappa shape index (κ1) is 9.09. The molecular weight excluding hydrogens is 281 g/mol. The molecule has 0 saturated carbocycles. The molecule has 0 unspecified atom stereocenters. The van der Waals surface area contributed by atoms with E-state index in [4.69, 9.17) is 5.11 Å². The predicted octanol–water partition coefficient (Wildman–Crippen LogP) is 2.24. The van der Waals surface area contributed by atoms with Gasteiger partial charge >= 0.3 is 0 Å². The van der Waals surface area contributed by atoms with Crippen LogP contribution in [0.4, 0.5) is 4.39 Å². The fourth-order valence-corrected chi connectivity index (χ4v) is 1.38. The largest absolute Gasteiger partial charge is 0.392 e. The van der Waals surface area contributed by atoms with Crippen LogP contribution in [-0.4, -0.2) is 10.1 Å². The third kappa shape index (κ3) is 1.77. The number of pyridine rings is 1. The first-order chi connectivity index (χ1) is 5.16. The van der Waals surface area contributed by atoms with Crippen LogP contribution in [0.15, 0.2) is 15.3 Å². The van der Waals surface area contributed by atoms with Crippen LogP contribution in [0, 0.1) is 5.82 Å². The minimum atomic E-state index is -0.512. The Labute approximate surface area is 79.7 Å². The first-order valence-corrected chi connectivity index (χ1v) is 4.34. The lowest BCUT2D eigenvalue weighted by Crippen LogP contribution is -1.94.